The van der Waals surface area contributed by atoms with Crippen molar-refractivity contribution in [3.8, 4) is 78.4 Å². The molecule has 0 aliphatic heterocycles. The van der Waals surface area contributed by atoms with Crippen LogP contribution in [0.5, 0.6) is 0 Å². The van der Waals surface area contributed by atoms with Crippen LogP contribution < -0.4 is 0 Å². The third-order valence-corrected chi connectivity index (χ3v) is 11.5. The Morgan fingerprint density at radius 1 is 0.291 bits per heavy atom. The minimum absolute atomic E-state index is 0.696. The highest BCUT2D eigenvalue weighted by Crippen LogP contribution is 2.42. The molecule has 10 rings (SSSR count). The van der Waals surface area contributed by atoms with Crippen LogP contribution in [0.25, 0.3) is 98.6 Å². The van der Waals surface area contributed by atoms with Gasteiger partial charge in [0.15, 0.2) is 5.82 Å². The molecular weight excluding hydrogens is 685 g/mol. The van der Waals surface area contributed by atoms with E-state index >= 15 is 0 Å². The van der Waals surface area contributed by atoms with Crippen LogP contribution in [0.3, 0.4) is 0 Å². The Hall–Kier alpha value is -6.94. The Balaban J connectivity index is 1.16. The number of hydrogen-bond donors (Lipinski definition) is 0. The minimum Gasteiger partial charge on any atom is -0.228 e. The number of rotatable bonds is 7. The van der Waals surface area contributed by atoms with E-state index in [1.54, 1.807) is 0 Å². The van der Waals surface area contributed by atoms with Crippen molar-refractivity contribution in [2.75, 3.05) is 0 Å². The molecule has 0 saturated heterocycles. The quantitative estimate of drug-likeness (QED) is 0.164. The Kier molecular flexibility index (Phi) is 8.40. The molecule has 258 valence electrons. The van der Waals surface area contributed by atoms with Crippen molar-refractivity contribution in [1.82, 2.24) is 9.97 Å². The zero-order valence-electron chi connectivity index (χ0n) is 29.9. The van der Waals surface area contributed by atoms with Gasteiger partial charge < -0.3 is 0 Å². The Morgan fingerprint density at radius 3 is 1.38 bits per heavy atom. The van der Waals surface area contributed by atoms with Gasteiger partial charge in [-0.2, -0.15) is 0 Å². The lowest BCUT2D eigenvalue weighted by Gasteiger charge is -2.14. The summed E-state index contributed by atoms with van der Waals surface area (Å²) in [6, 6.07) is 73.4. The van der Waals surface area contributed by atoms with Gasteiger partial charge >= 0.3 is 0 Å². The van der Waals surface area contributed by atoms with Crippen LogP contribution in [0.4, 0.5) is 0 Å². The molecule has 55 heavy (non-hydrogen) atoms. The topological polar surface area (TPSA) is 25.8 Å². The van der Waals surface area contributed by atoms with Crippen LogP contribution in [0.15, 0.2) is 206 Å². The maximum Gasteiger partial charge on any atom is 0.160 e. The molecule has 2 nitrogen and oxygen atoms in total. The van der Waals surface area contributed by atoms with Gasteiger partial charge in [-0.05, 0) is 74.8 Å². The molecule has 0 aliphatic rings. The summed E-state index contributed by atoms with van der Waals surface area (Å²) in [5, 5.41) is 2.58. The fraction of sp³-hybridized carbons (Fsp3) is 0. The Bertz CT molecular complexity index is 2930. The second-order valence-electron chi connectivity index (χ2n) is 13.8. The van der Waals surface area contributed by atoms with E-state index in [0.29, 0.717) is 5.82 Å². The molecule has 3 heteroatoms. The first kappa shape index (κ1) is 32.7. The molecule has 0 unspecified atom stereocenters. The van der Waals surface area contributed by atoms with E-state index in [0.717, 1.165) is 50.3 Å². The third-order valence-electron chi connectivity index (χ3n) is 10.3. The van der Waals surface area contributed by atoms with Crippen molar-refractivity contribution in [3.05, 3.63) is 206 Å². The normalized spacial score (nSPS) is 11.3. The van der Waals surface area contributed by atoms with E-state index in [2.05, 4.69) is 194 Å². The molecule has 10 aromatic rings. The van der Waals surface area contributed by atoms with Crippen molar-refractivity contribution < 1.29 is 0 Å². The predicted molar refractivity (Wildman–Crippen MR) is 233 cm³/mol. The Morgan fingerprint density at radius 2 is 0.745 bits per heavy atom. The molecular formula is C52H34N2S. The van der Waals surface area contributed by atoms with Crippen LogP contribution in [0, 0.1) is 0 Å². The number of fused-ring (bicyclic) bond motifs is 3. The van der Waals surface area contributed by atoms with Crippen LogP contribution in [-0.4, -0.2) is 9.97 Å². The van der Waals surface area contributed by atoms with Gasteiger partial charge in [-0.25, -0.2) is 9.97 Å². The maximum absolute atomic E-state index is 5.31. The molecule has 0 saturated carbocycles. The molecule has 8 aromatic carbocycles. The lowest BCUT2D eigenvalue weighted by atomic mass is 9.93. The molecule has 0 fully saturated rings. The van der Waals surface area contributed by atoms with Crippen LogP contribution >= 0.6 is 11.3 Å². The van der Waals surface area contributed by atoms with E-state index in [9.17, 15) is 0 Å². The van der Waals surface area contributed by atoms with E-state index in [1.165, 1.54) is 42.4 Å². The SMILES string of the molecule is c1ccc(-c2ccc(-c3cc(-c4cc(-c5ccccc5)nc(-c5ccc(-c6ccccc6)cc5)n4)cc(-c4cccc5c4sc4ccccc45)c3)cc2)cc1. The lowest BCUT2D eigenvalue weighted by molar-refractivity contribution is 1.18. The number of hydrogen-bond acceptors (Lipinski definition) is 3. The number of nitrogens with zero attached hydrogens (tertiary/aromatic N) is 2. The van der Waals surface area contributed by atoms with Crippen molar-refractivity contribution in [3.63, 3.8) is 0 Å². The van der Waals surface area contributed by atoms with Gasteiger partial charge in [-0.3, -0.25) is 0 Å². The highest BCUT2D eigenvalue weighted by molar-refractivity contribution is 7.26. The second kappa shape index (κ2) is 14.1. The average Bonchev–Trinajstić information content (AvgIpc) is 3.66. The molecule has 0 bridgehead atoms. The van der Waals surface area contributed by atoms with Gasteiger partial charge in [0.25, 0.3) is 0 Å². The first-order chi connectivity index (χ1) is 27.2. The predicted octanol–water partition coefficient (Wildman–Crippen LogP) is 14.5. The summed E-state index contributed by atoms with van der Waals surface area (Å²) in [7, 11) is 0. The monoisotopic (exact) mass is 718 g/mol. The van der Waals surface area contributed by atoms with Crippen molar-refractivity contribution in [2.45, 2.75) is 0 Å². The van der Waals surface area contributed by atoms with E-state index in [-0.39, 0.29) is 0 Å². The van der Waals surface area contributed by atoms with Crippen LogP contribution in [0.1, 0.15) is 0 Å². The van der Waals surface area contributed by atoms with Crippen molar-refractivity contribution in [1.29, 1.82) is 0 Å². The van der Waals surface area contributed by atoms with Gasteiger partial charge in [-0.15, -0.1) is 11.3 Å². The van der Waals surface area contributed by atoms with Crippen LogP contribution in [0.2, 0.25) is 0 Å². The fourth-order valence-electron chi connectivity index (χ4n) is 7.48. The summed E-state index contributed by atoms with van der Waals surface area (Å²) in [6.45, 7) is 0. The van der Waals surface area contributed by atoms with Gasteiger partial charge in [0.1, 0.15) is 0 Å². The average molecular weight is 719 g/mol. The number of aromatic nitrogens is 2. The van der Waals surface area contributed by atoms with Crippen LogP contribution in [-0.2, 0) is 0 Å². The maximum atomic E-state index is 5.31. The first-order valence-corrected chi connectivity index (χ1v) is 19.4. The smallest absolute Gasteiger partial charge is 0.160 e. The van der Waals surface area contributed by atoms with Gasteiger partial charge in [-0.1, -0.05) is 176 Å². The summed E-state index contributed by atoms with van der Waals surface area (Å²) in [4.78, 5) is 10.5. The minimum atomic E-state index is 0.696. The molecule has 0 amide bonds. The fourth-order valence-corrected chi connectivity index (χ4v) is 8.72. The van der Waals surface area contributed by atoms with E-state index in [1.807, 2.05) is 23.5 Å². The largest absolute Gasteiger partial charge is 0.228 e. The summed E-state index contributed by atoms with van der Waals surface area (Å²) >= 11 is 1.86. The molecule has 2 aromatic heterocycles. The zero-order valence-corrected chi connectivity index (χ0v) is 30.7. The molecule has 0 aliphatic carbocycles. The molecule has 0 radical (unpaired) electrons. The van der Waals surface area contributed by atoms with Crippen molar-refractivity contribution >= 4 is 31.5 Å². The highest BCUT2D eigenvalue weighted by Gasteiger charge is 2.16. The molecule has 0 atom stereocenters. The molecule has 0 spiro atoms. The third kappa shape index (κ3) is 6.41. The zero-order chi connectivity index (χ0) is 36.6. The number of benzene rings is 8. The Labute approximate surface area is 324 Å². The molecule has 2 heterocycles. The molecule has 0 N–H and O–H groups in total. The lowest BCUT2D eigenvalue weighted by Crippen LogP contribution is -1.96. The van der Waals surface area contributed by atoms with Gasteiger partial charge in [0, 0.05) is 36.9 Å². The highest BCUT2D eigenvalue weighted by atomic mass is 32.1. The van der Waals surface area contributed by atoms with E-state index < -0.39 is 0 Å². The van der Waals surface area contributed by atoms with Gasteiger partial charge in [0.05, 0.1) is 11.4 Å². The summed E-state index contributed by atoms with van der Waals surface area (Å²) < 4.78 is 2.59. The standard InChI is InChI=1S/C52H34N2S/c1-4-13-35(14-5-1)37-23-25-39(26-24-37)42-31-43(45-20-12-21-47-46-19-10-11-22-50(46)55-51(45)47)33-44(32-42)49-34-48(40-17-8-3-9-18-40)53-52(54-49)41-29-27-38(28-30-41)36-15-6-2-7-16-36/h1-34H. The number of thiophene rings is 1. The van der Waals surface area contributed by atoms with Gasteiger partial charge in [0.2, 0.25) is 0 Å². The second-order valence-corrected chi connectivity index (χ2v) is 14.8. The first-order valence-electron chi connectivity index (χ1n) is 18.6. The van der Waals surface area contributed by atoms with E-state index in [4.69, 9.17) is 9.97 Å². The summed E-state index contributed by atoms with van der Waals surface area (Å²) in [6.07, 6.45) is 0. The summed E-state index contributed by atoms with van der Waals surface area (Å²) in [5.41, 5.74) is 14.2. The summed E-state index contributed by atoms with van der Waals surface area (Å²) in [5.74, 6) is 0.696. The van der Waals surface area contributed by atoms with Crippen molar-refractivity contribution in [2.24, 2.45) is 0 Å².